The van der Waals surface area contributed by atoms with Crippen molar-refractivity contribution < 1.29 is 0 Å². The van der Waals surface area contributed by atoms with Crippen LogP contribution in [0.25, 0.3) is 27.6 Å². The Hall–Kier alpha value is -2.62. The first-order chi connectivity index (χ1) is 9.24. The van der Waals surface area contributed by atoms with Crippen molar-refractivity contribution in [1.29, 1.82) is 0 Å². The second-order valence-corrected chi connectivity index (χ2v) is 4.74. The molecule has 1 N–H and O–H groups in total. The number of nitrogens with zero attached hydrogens (tertiary/aromatic N) is 2. The summed E-state index contributed by atoms with van der Waals surface area (Å²) < 4.78 is 1.90. The topological polar surface area (TPSA) is 50.2 Å². The molecular weight excluding hydrogens is 238 g/mol. The van der Waals surface area contributed by atoms with Gasteiger partial charge in [0.15, 0.2) is 0 Å². The SMILES string of the molecule is Cc1ccc2c(=O)[nH]c3c(nc4ccccn43)c2c1. The van der Waals surface area contributed by atoms with Gasteiger partial charge in [0, 0.05) is 17.0 Å². The highest BCUT2D eigenvalue weighted by molar-refractivity contribution is 6.03. The minimum Gasteiger partial charge on any atom is -0.306 e. The minimum absolute atomic E-state index is 0.0758. The fourth-order valence-corrected chi connectivity index (χ4v) is 2.53. The van der Waals surface area contributed by atoms with Crippen molar-refractivity contribution in [3.63, 3.8) is 0 Å². The second-order valence-electron chi connectivity index (χ2n) is 4.74. The van der Waals surface area contributed by atoms with Crippen molar-refractivity contribution >= 4 is 27.6 Å². The number of nitrogens with one attached hydrogen (secondary N) is 1. The van der Waals surface area contributed by atoms with Gasteiger partial charge in [-0.05, 0) is 31.2 Å². The summed E-state index contributed by atoms with van der Waals surface area (Å²) in [4.78, 5) is 19.7. The second kappa shape index (κ2) is 3.45. The number of fused-ring (bicyclic) bond motifs is 5. The van der Waals surface area contributed by atoms with E-state index in [1.54, 1.807) is 0 Å². The molecule has 0 amide bonds. The predicted molar refractivity (Wildman–Crippen MR) is 75.6 cm³/mol. The van der Waals surface area contributed by atoms with Crippen molar-refractivity contribution in [2.24, 2.45) is 0 Å². The standard InChI is InChI=1S/C15H11N3O/c1-9-5-6-10-11(8-9)13-14(17-15(10)19)18-7-3-2-4-12(18)16-13/h2-8H,1H3,(H,17,19). The summed E-state index contributed by atoms with van der Waals surface area (Å²) in [5.41, 5.74) is 3.47. The molecule has 0 saturated carbocycles. The molecule has 4 nitrogen and oxygen atoms in total. The molecule has 4 heteroatoms. The van der Waals surface area contributed by atoms with Gasteiger partial charge in [-0.1, -0.05) is 17.7 Å². The Balaban J connectivity index is 2.37. The first kappa shape index (κ1) is 10.3. The molecule has 92 valence electrons. The molecule has 0 radical (unpaired) electrons. The van der Waals surface area contributed by atoms with E-state index < -0.39 is 0 Å². The highest BCUT2D eigenvalue weighted by Gasteiger charge is 2.10. The van der Waals surface area contributed by atoms with E-state index in [4.69, 9.17) is 0 Å². The molecular formula is C15H11N3O. The Labute approximate surface area is 108 Å². The van der Waals surface area contributed by atoms with Crippen LogP contribution in [0.5, 0.6) is 0 Å². The van der Waals surface area contributed by atoms with Crippen molar-refractivity contribution in [1.82, 2.24) is 14.4 Å². The molecule has 0 bridgehead atoms. The molecule has 3 aromatic heterocycles. The van der Waals surface area contributed by atoms with Gasteiger partial charge in [0.25, 0.3) is 5.56 Å². The highest BCUT2D eigenvalue weighted by atomic mass is 16.1. The van der Waals surface area contributed by atoms with Crippen LogP contribution in [-0.2, 0) is 0 Å². The lowest BCUT2D eigenvalue weighted by Crippen LogP contribution is -2.07. The zero-order valence-corrected chi connectivity index (χ0v) is 10.3. The lowest BCUT2D eigenvalue weighted by Gasteiger charge is -2.00. The molecule has 0 aliphatic heterocycles. The maximum absolute atomic E-state index is 12.1. The maximum atomic E-state index is 12.1. The van der Waals surface area contributed by atoms with Crippen LogP contribution in [0, 0.1) is 6.92 Å². The lowest BCUT2D eigenvalue weighted by atomic mass is 10.1. The fourth-order valence-electron chi connectivity index (χ4n) is 2.53. The van der Waals surface area contributed by atoms with Crippen molar-refractivity contribution in [2.75, 3.05) is 0 Å². The molecule has 0 aliphatic rings. The molecule has 19 heavy (non-hydrogen) atoms. The van der Waals surface area contributed by atoms with Crippen LogP contribution in [0.3, 0.4) is 0 Å². The average Bonchev–Trinajstić information content (AvgIpc) is 2.78. The minimum atomic E-state index is -0.0758. The average molecular weight is 249 g/mol. The van der Waals surface area contributed by atoms with Crippen LogP contribution < -0.4 is 5.56 Å². The first-order valence-corrected chi connectivity index (χ1v) is 6.13. The zero-order chi connectivity index (χ0) is 13.0. The molecule has 0 fully saturated rings. The molecule has 0 aliphatic carbocycles. The number of aromatic amines is 1. The van der Waals surface area contributed by atoms with Gasteiger partial charge in [0.05, 0.1) is 0 Å². The van der Waals surface area contributed by atoms with E-state index in [0.29, 0.717) is 5.39 Å². The molecule has 0 unspecified atom stereocenters. The number of hydrogen-bond donors (Lipinski definition) is 1. The number of benzene rings is 1. The summed E-state index contributed by atoms with van der Waals surface area (Å²) in [7, 11) is 0. The molecule has 0 saturated heterocycles. The smallest absolute Gasteiger partial charge is 0.257 e. The van der Waals surface area contributed by atoms with Gasteiger partial charge in [-0.3, -0.25) is 9.20 Å². The van der Waals surface area contributed by atoms with Crippen LogP contribution in [0.2, 0.25) is 0 Å². The zero-order valence-electron chi connectivity index (χ0n) is 10.3. The lowest BCUT2D eigenvalue weighted by molar-refractivity contribution is 1.17. The van der Waals surface area contributed by atoms with Gasteiger partial charge in [0.2, 0.25) is 0 Å². The third-order valence-corrected chi connectivity index (χ3v) is 3.44. The largest absolute Gasteiger partial charge is 0.306 e. The quantitative estimate of drug-likeness (QED) is 0.521. The summed E-state index contributed by atoms with van der Waals surface area (Å²) in [5.74, 6) is 0. The number of rotatable bonds is 0. The summed E-state index contributed by atoms with van der Waals surface area (Å²) >= 11 is 0. The van der Waals surface area contributed by atoms with E-state index in [2.05, 4.69) is 9.97 Å². The van der Waals surface area contributed by atoms with E-state index in [-0.39, 0.29) is 5.56 Å². The Morgan fingerprint density at radius 1 is 1.16 bits per heavy atom. The number of pyridine rings is 2. The molecule has 4 aromatic rings. The monoisotopic (exact) mass is 249 g/mol. The molecule has 3 heterocycles. The van der Waals surface area contributed by atoms with Gasteiger partial charge in [0.1, 0.15) is 16.8 Å². The van der Waals surface area contributed by atoms with Crippen molar-refractivity contribution in [2.45, 2.75) is 6.92 Å². The van der Waals surface area contributed by atoms with Crippen molar-refractivity contribution in [3.05, 3.63) is 58.5 Å². The Morgan fingerprint density at radius 2 is 2.05 bits per heavy atom. The summed E-state index contributed by atoms with van der Waals surface area (Å²) in [6.45, 7) is 2.02. The van der Waals surface area contributed by atoms with Gasteiger partial charge in [-0.25, -0.2) is 4.98 Å². The summed E-state index contributed by atoms with van der Waals surface area (Å²) in [5, 5.41) is 1.59. The number of aryl methyl sites for hydroxylation is 1. The molecule has 1 aromatic carbocycles. The number of aromatic nitrogens is 3. The van der Waals surface area contributed by atoms with Crippen LogP contribution in [0.4, 0.5) is 0 Å². The Bertz CT molecular complexity index is 995. The maximum Gasteiger partial charge on any atom is 0.257 e. The van der Waals surface area contributed by atoms with Crippen LogP contribution >= 0.6 is 0 Å². The number of hydrogen-bond acceptors (Lipinski definition) is 2. The first-order valence-electron chi connectivity index (χ1n) is 6.13. The van der Waals surface area contributed by atoms with Crippen LogP contribution in [0.1, 0.15) is 5.56 Å². The van der Waals surface area contributed by atoms with Gasteiger partial charge < -0.3 is 4.98 Å². The van der Waals surface area contributed by atoms with Gasteiger partial charge >= 0.3 is 0 Å². The third kappa shape index (κ3) is 1.34. The highest BCUT2D eigenvalue weighted by Crippen LogP contribution is 2.22. The van der Waals surface area contributed by atoms with E-state index >= 15 is 0 Å². The van der Waals surface area contributed by atoms with E-state index in [9.17, 15) is 4.79 Å². The molecule has 0 spiro atoms. The number of imidazole rings is 1. The Morgan fingerprint density at radius 3 is 2.95 bits per heavy atom. The van der Waals surface area contributed by atoms with Gasteiger partial charge in [-0.2, -0.15) is 0 Å². The number of H-pyrrole nitrogens is 1. The third-order valence-electron chi connectivity index (χ3n) is 3.44. The summed E-state index contributed by atoms with van der Waals surface area (Å²) in [6, 6.07) is 11.6. The fraction of sp³-hybridized carbons (Fsp3) is 0.0667. The normalized spacial score (nSPS) is 11.6. The van der Waals surface area contributed by atoms with Gasteiger partial charge in [-0.15, -0.1) is 0 Å². The summed E-state index contributed by atoms with van der Waals surface area (Å²) in [6.07, 6.45) is 1.90. The van der Waals surface area contributed by atoms with E-state index in [1.165, 1.54) is 0 Å². The molecule has 4 rings (SSSR count). The van der Waals surface area contributed by atoms with Crippen molar-refractivity contribution in [3.8, 4) is 0 Å². The van der Waals surface area contributed by atoms with E-state index in [1.807, 2.05) is 53.9 Å². The predicted octanol–water partition coefficient (Wildman–Crippen LogP) is 2.64. The molecule has 0 atom stereocenters. The van der Waals surface area contributed by atoms with E-state index in [0.717, 1.165) is 27.8 Å². The van der Waals surface area contributed by atoms with Crippen LogP contribution in [0.15, 0.2) is 47.4 Å². The van der Waals surface area contributed by atoms with Crippen LogP contribution in [-0.4, -0.2) is 14.4 Å². The Kier molecular flexibility index (Phi) is 1.87.